The first-order valence-corrected chi connectivity index (χ1v) is 7.56. The van der Waals surface area contributed by atoms with Gasteiger partial charge in [-0.25, -0.2) is 0 Å². The van der Waals surface area contributed by atoms with E-state index in [1.54, 1.807) is 7.11 Å². The predicted octanol–water partition coefficient (Wildman–Crippen LogP) is -0.449. The number of nitrogens with one attached hydrogen (secondary N) is 2. The van der Waals surface area contributed by atoms with Gasteiger partial charge < -0.3 is 29.6 Å². The van der Waals surface area contributed by atoms with Crippen LogP contribution in [0.4, 0.5) is 0 Å². The predicted molar refractivity (Wildman–Crippen MR) is 78.4 cm³/mol. The van der Waals surface area contributed by atoms with Gasteiger partial charge in [-0.1, -0.05) is 0 Å². The highest BCUT2D eigenvalue weighted by Gasteiger charge is 2.12. The Morgan fingerprint density at radius 2 is 1.86 bits per heavy atom. The number of hydrogen-bond acceptors (Lipinski definition) is 6. The topological polar surface area (TPSA) is 78.1 Å². The summed E-state index contributed by atoms with van der Waals surface area (Å²) in [4.78, 5) is 11.4. The first-order valence-electron chi connectivity index (χ1n) is 7.56. The van der Waals surface area contributed by atoms with Crippen molar-refractivity contribution in [1.82, 2.24) is 10.6 Å². The third-order valence-corrected chi connectivity index (χ3v) is 3.10. The highest BCUT2D eigenvalue weighted by molar-refractivity contribution is 5.77. The molecule has 1 amide bonds. The van der Waals surface area contributed by atoms with Crippen molar-refractivity contribution >= 4 is 5.91 Å². The summed E-state index contributed by atoms with van der Waals surface area (Å²) in [6, 6.07) is 0. The van der Waals surface area contributed by atoms with Crippen LogP contribution in [-0.4, -0.2) is 78.4 Å². The molecule has 0 aromatic heterocycles. The van der Waals surface area contributed by atoms with E-state index in [-0.39, 0.29) is 12.5 Å². The van der Waals surface area contributed by atoms with Crippen LogP contribution in [0.5, 0.6) is 0 Å². The second-order valence-corrected chi connectivity index (χ2v) is 4.83. The van der Waals surface area contributed by atoms with Crippen LogP contribution in [0.15, 0.2) is 0 Å². The van der Waals surface area contributed by atoms with Crippen LogP contribution < -0.4 is 10.6 Å². The van der Waals surface area contributed by atoms with Gasteiger partial charge in [-0.05, 0) is 25.9 Å². The number of carbonyl (C=O) groups excluding carboxylic acids is 1. The van der Waals surface area contributed by atoms with Crippen molar-refractivity contribution in [3.05, 3.63) is 0 Å². The highest BCUT2D eigenvalue weighted by atomic mass is 16.5. The van der Waals surface area contributed by atoms with Crippen LogP contribution in [0.1, 0.15) is 12.8 Å². The van der Waals surface area contributed by atoms with E-state index in [0.717, 1.165) is 25.9 Å². The molecule has 0 aliphatic carbocycles. The first-order chi connectivity index (χ1) is 10.3. The average molecular weight is 304 g/mol. The van der Waals surface area contributed by atoms with E-state index in [4.69, 9.17) is 18.9 Å². The summed E-state index contributed by atoms with van der Waals surface area (Å²) >= 11 is 0. The second kappa shape index (κ2) is 13.0. The SMILES string of the molecule is COCCOCCNC(=O)COCCOC1CCNCC1. The lowest BCUT2D eigenvalue weighted by atomic mass is 10.1. The fourth-order valence-corrected chi connectivity index (χ4v) is 1.96. The van der Waals surface area contributed by atoms with Gasteiger partial charge in [-0.15, -0.1) is 0 Å². The summed E-state index contributed by atoms with van der Waals surface area (Å²) in [5.41, 5.74) is 0. The molecule has 1 fully saturated rings. The van der Waals surface area contributed by atoms with E-state index in [1.165, 1.54) is 0 Å². The molecular formula is C14H28N2O5. The van der Waals surface area contributed by atoms with Crippen LogP contribution in [-0.2, 0) is 23.7 Å². The number of carbonyl (C=O) groups is 1. The van der Waals surface area contributed by atoms with Crippen LogP contribution >= 0.6 is 0 Å². The van der Waals surface area contributed by atoms with Gasteiger partial charge in [-0.3, -0.25) is 4.79 Å². The maximum Gasteiger partial charge on any atom is 0.246 e. The summed E-state index contributed by atoms with van der Waals surface area (Å²) in [7, 11) is 1.62. The third-order valence-electron chi connectivity index (χ3n) is 3.10. The highest BCUT2D eigenvalue weighted by Crippen LogP contribution is 2.06. The Hall–Kier alpha value is -0.730. The summed E-state index contributed by atoms with van der Waals surface area (Å²) < 4.78 is 21.0. The van der Waals surface area contributed by atoms with Gasteiger partial charge in [0.1, 0.15) is 6.61 Å². The maximum atomic E-state index is 11.4. The first kappa shape index (κ1) is 18.3. The quantitative estimate of drug-likeness (QED) is 0.476. The molecule has 0 aromatic carbocycles. The summed E-state index contributed by atoms with van der Waals surface area (Å²) in [6.07, 6.45) is 2.42. The lowest BCUT2D eigenvalue weighted by Crippen LogP contribution is -2.33. The van der Waals surface area contributed by atoms with Gasteiger partial charge in [0.05, 0.1) is 39.1 Å². The molecule has 1 aliphatic heterocycles. The Morgan fingerprint density at radius 1 is 1.10 bits per heavy atom. The summed E-state index contributed by atoms with van der Waals surface area (Å²) in [5.74, 6) is -0.132. The number of piperidine rings is 1. The molecule has 0 bridgehead atoms. The zero-order valence-corrected chi connectivity index (χ0v) is 12.9. The third kappa shape index (κ3) is 10.6. The van der Waals surface area contributed by atoms with Crippen molar-refractivity contribution in [3.8, 4) is 0 Å². The van der Waals surface area contributed by atoms with Gasteiger partial charge in [0.15, 0.2) is 0 Å². The molecule has 0 radical (unpaired) electrons. The molecule has 7 heteroatoms. The molecule has 1 heterocycles. The molecule has 2 N–H and O–H groups in total. The van der Waals surface area contributed by atoms with Crippen molar-refractivity contribution in [2.45, 2.75) is 18.9 Å². The van der Waals surface area contributed by atoms with Crippen molar-refractivity contribution < 1.29 is 23.7 Å². The van der Waals surface area contributed by atoms with E-state index in [2.05, 4.69) is 10.6 Å². The van der Waals surface area contributed by atoms with Crippen LogP contribution in [0.25, 0.3) is 0 Å². The van der Waals surface area contributed by atoms with Gasteiger partial charge in [0.25, 0.3) is 0 Å². The van der Waals surface area contributed by atoms with Gasteiger partial charge in [-0.2, -0.15) is 0 Å². The molecule has 0 spiro atoms. The Labute approximate surface area is 126 Å². The minimum absolute atomic E-state index is 0.0631. The van der Waals surface area contributed by atoms with E-state index >= 15 is 0 Å². The van der Waals surface area contributed by atoms with Gasteiger partial charge in [0, 0.05) is 13.7 Å². The molecule has 0 unspecified atom stereocenters. The van der Waals surface area contributed by atoms with E-state index in [9.17, 15) is 4.79 Å². The number of ether oxygens (including phenoxy) is 4. The Morgan fingerprint density at radius 3 is 2.62 bits per heavy atom. The molecule has 0 saturated carbocycles. The molecule has 0 aromatic rings. The Balaban J connectivity index is 1.82. The number of hydrogen-bond donors (Lipinski definition) is 2. The maximum absolute atomic E-state index is 11.4. The standard InChI is InChI=1S/C14H28N2O5/c1-18-8-9-19-7-6-16-14(17)12-20-10-11-21-13-2-4-15-5-3-13/h13,15H,2-12H2,1H3,(H,16,17). The normalized spacial score (nSPS) is 16.0. The van der Waals surface area contributed by atoms with Crippen LogP contribution in [0.3, 0.4) is 0 Å². The van der Waals surface area contributed by atoms with Gasteiger partial charge in [0.2, 0.25) is 5.91 Å². The zero-order valence-electron chi connectivity index (χ0n) is 12.9. The fourth-order valence-electron chi connectivity index (χ4n) is 1.96. The minimum atomic E-state index is -0.132. The summed E-state index contributed by atoms with van der Waals surface area (Å²) in [6.45, 7) is 5.14. The largest absolute Gasteiger partial charge is 0.382 e. The second-order valence-electron chi connectivity index (χ2n) is 4.83. The van der Waals surface area contributed by atoms with Crippen molar-refractivity contribution in [1.29, 1.82) is 0 Å². The minimum Gasteiger partial charge on any atom is -0.382 e. The monoisotopic (exact) mass is 304 g/mol. The molecular weight excluding hydrogens is 276 g/mol. The molecule has 1 rings (SSSR count). The van der Waals surface area contributed by atoms with Crippen molar-refractivity contribution in [2.24, 2.45) is 0 Å². The van der Waals surface area contributed by atoms with E-state index in [0.29, 0.717) is 45.7 Å². The molecule has 0 atom stereocenters. The lowest BCUT2D eigenvalue weighted by Gasteiger charge is -2.22. The number of rotatable bonds is 12. The smallest absolute Gasteiger partial charge is 0.246 e. The Bertz CT molecular complexity index is 260. The van der Waals surface area contributed by atoms with Gasteiger partial charge >= 0.3 is 0 Å². The zero-order chi connectivity index (χ0) is 15.2. The fraction of sp³-hybridized carbons (Fsp3) is 0.929. The molecule has 1 saturated heterocycles. The van der Waals surface area contributed by atoms with E-state index in [1.807, 2.05) is 0 Å². The molecule has 1 aliphatic rings. The molecule has 21 heavy (non-hydrogen) atoms. The van der Waals surface area contributed by atoms with Crippen molar-refractivity contribution in [3.63, 3.8) is 0 Å². The lowest BCUT2D eigenvalue weighted by molar-refractivity contribution is -0.126. The van der Waals surface area contributed by atoms with Crippen molar-refractivity contribution in [2.75, 3.05) is 66.4 Å². The number of methoxy groups -OCH3 is 1. The Kier molecular flexibility index (Phi) is 11.3. The number of amides is 1. The average Bonchev–Trinajstić information content (AvgIpc) is 2.51. The van der Waals surface area contributed by atoms with Crippen LogP contribution in [0, 0.1) is 0 Å². The molecule has 7 nitrogen and oxygen atoms in total. The molecule has 124 valence electrons. The van der Waals surface area contributed by atoms with Crippen LogP contribution in [0.2, 0.25) is 0 Å². The van der Waals surface area contributed by atoms with E-state index < -0.39 is 0 Å². The summed E-state index contributed by atoms with van der Waals surface area (Å²) in [5, 5.41) is 6.01.